The maximum Gasteiger partial charge on any atom is 0.345 e. The number of nitro groups is 2. The van der Waals surface area contributed by atoms with E-state index in [1.54, 1.807) is 24.3 Å². The molecule has 0 saturated carbocycles. The molecule has 0 atom stereocenters. The Morgan fingerprint density at radius 1 is 1.09 bits per heavy atom. The number of hydrogen-bond donors (Lipinski definition) is 0. The molecular formula is C21H17BrClN3O7S. The van der Waals surface area contributed by atoms with Crippen molar-refractivity contribution in [1.29, 1.82) is 0 Å². The predicted molar refractivity (Wildman–Crippen MR) is 121 cm³/mol. The van der Waals surface area contributed by atoms with Gasteiger partial charge >= 0.3 is 5.97 Å². The number of Topliss-reactive ketones (excluding diaryl/α,β-unsaturated/α-hetero) is 1. The fraction of sp³-hybridized carbons (Fsp3) is 0.190. The summed E-state index contributed by atoms with van der Waals surface area (Å²) in [4.78, 5) is 46.1. The molecule has 0 N–H and O–H groups in total. The number of ketones is 1. The molecule has 3 aromatic rings. The Morgan fingerprint density at radius 2 is 1.76 bits per heavy atom. The number of thiazole rings is 1. The molecule has 0 aliphatic rings. The van der Waals surface area contributed by atoms with Crippen LogP contribution in [0.4, 0.5) is 11.4 Å². The zero-order chi connectivity index (χ0) is 24.1. The number of ether oxygens (including phenoxy) is 1. The minimum absolute atomic E-state index is 0. The highest BCUT2D eigenvalue weighted by atomic mass is 79.9. The van der Waals surface area contributed by atoms with Gasteiger partial charge in [-0.05, 0) is 18.2 Å². The van der Waals surface area contributed by atoms with Crippen LogP contribution in [0.3, 0.4) is 0 Å². The van der Waals surface area contributed by atoms with Gasteiger partial charge in [0.15, 0.2) is 5.69 Å². The van der Waals surface area contributed by atoms with Gasteiger partial charge in [0.25, 0.3) is 11.4 Å². The topological polar surface area (TPSA) is 134 Å². The molecular weight excluding hydrogens is 554 g/mol. The van der Waals surface area contributed by atoms with Crippen molar-refractivity contribution >= 4 is 50.4 Å². The highest BCUT2D eigenvalue weighted by Gasteiger charge is 2.25. The van der Waals surface area contributed by atoms with Gasteiger partial charge in [0.2, 0.25) is 17.8 Å². The molecule has 13 heteroatoms. The van der Waals surface area contributed by atoms with Crippen LogP contribution >= 0.6 is 27.3 Å². The van der Waals surface area contributed by atoms with Gasteiger partial charge in [-0.3, -0.25) is 25.0 Å². The number of non-ortho nitro benzene ring substituents is 1. The quantitative estimate of drug-likeness (QED) is 0.124. The zero-order valence-corrected chi connectivity index (χ0v) is 20.8. The maximum absolute atomic E-state index is 12.5. The van der Waals surface area contributed by atoms with Crippen molar-refractivity contribution in [1.82, 2.24) is 0 Å². The molecule has 34 heavy (non-hydrogen) atoms. The van der Waals surface area contributed by atoms with E-state index in [0.717, 1.165) is 33.2 Å². The Kier molecular flexibility index (Phi) is 9.36. The summed E-state index contributed by atoms with van der Waals surface area (Å²) in [5, 5.41) is 22.0. The summed E-state index contributed by atoms with van der Waals surface area (Å²) < 4.78 is 7.86. The third kappa shape index (κ3) is 6.43. The van der Waals surface area contributed by atoms with Gasteiger partial charge in [0, 0.05) is 29.4 Å². The van der Waals surface area contributed by atoms with Crippen LogP contribution in [0.15, 0.2) is 52.4 Å². The molecule has 1 heterocycles. The van der Waals surface area contributed by atoms with Crippen molar-refractivity contribution in [3.63, 3.8) is 0 Å². The molecule has 0 aliphatic carbocycles. The van der Waals surface area contributed by atoms with Gasteiger partial charge in [-0.1, -0.05) is 39.4 Å². The van der Waals surface area contributed by atoms with Crippen molar-refractivity contribution in [3.8, 4) is 0 Å². The van der Waals surface area contributed by atoms with Crippen molar-refractivity contribution in [2.75, 3.05) is 6.61 Å². The molecule has 0 spiro atoms. The van der Waals surface area contributed by atoms with Crippen LogP contribution in [-0.2, 0) is 17.7 Å². The SMILES string of the molecule is Cc1c(CCOC(=O)c2ccc([N+](=O)[O-])cc2[N+](=O)[O-])sc[n+]1CC(=O)c1ccc(Br)cc1.[Cl-]. The summed E-state index contributed by atoms with van der Waals surface area (Å²) in [5.74, 6) is -0.985. The monoisotopic (exact) mass is 569 g/mol. The Balaban J connectivity index is 0.00000408. The highest BCUT2D eigenvalue weighted by molar-refractivity contribution is 9.10. The van der Waals surface area contributed by atoms with Gasteiger partial charge in [0.1, 0.15) is 5.56 Å². The van der Waals surface area contributed by atoms with Crippen molar-refractivity contribution < 1.29 is 41.1 Å². The summed E-state index contributed by atoms with van der Waals surface area (Å²) in [6, 6.07) is 9.83. The minimum atomic E-state index is -0.941. The lowest BCUT2D eigenvalue weighted by molar-refractivity contribution is -0.684. The Morgan fingerprint density at radius 3 is 2.38 bits per heavy atom. The largest absolute Gasteiger partial charge is 1.00 e. The summed E-state index contributed by atoms with van der Waals surface area (Å²) >= 11 is 4.74. The normalized spacial score (nSPS) is 10.3. The molecule has 0 amide bonds. The standard InChI is InChI=1S/C21H17BrN3O7S.ClH/c1-13-20(33-12-23(13)11-19(26)14-2-4-15(22)5-3-14)8-9-32-21(27)17-7-6-16(24(28)29)10-18(17)25(30)31;/h2-7,10,12H,8-9,11H2,1H3;1H/q+1;/p-1. The summed E-state index contributed by atoms with van der Waals surface area (Å²) in [6.07, 6.45) is 0.350. The lowest BCUT2D eigenvalue weighted by Gasteiger charge is -2.05. The van der Waals surface area contributed by atoms with Gasteiger partial charge in [-0.2, -0.15) is 4.57 Å². The number of aromatic nitrogens is 1. The van der Waals surface area contributed by atoms with E-state index in [2.05, 4.69) is 15.9 Å². The number of nitrogens with zero attached hydrogens (tertiary/aromatic N) is 3. The Bertz CT molecular complexity index is 1250. The van der Waals surface area contributed by atoms with Crippen LogP contribution in [0.25, 0.3) is 0 Å². The average Bonchev–Trinajstić information content (AvgIpc) is 3.12. The zero-order valence-electron chi connectivity index (χ0n) is 17.6. The van der Waals surface area contributed by atoms with E-state index in [9.17, 15) is 29.8 Å². The number of carbonyl (C=O) groups is 2. The van der Waals surface area contributed by atoms with Gasteiger partial charge in [-0.25, -0.2) is 4.79 Å². The van der Waals surface area contributed by atoms with Crippen LogP contribution in [-0.4, -0.2) is 28.2 Å². The first-order valence-electron chi connectivity index (χ1n) is 9.52. The molecule has 0 fully saturated rings. The minimum Gasteiger partial charge on any atom is -1.00 e. The summed E-state index contributed by atoms with van der Waals surface area (Å²) in [6.45, 7) is 1.97. The van der Waals surface area contributed by atoms with Crippen molar-refractivity contribution in [2.24, 2.45) is 0 Å². The second-order valence-corrected chi connectivity index (χ2v) is 8.75. The van der Waals surface area contributed by atoms with Crippen LogP contribution in [0.2, 0.25) is 0 Å². The van der Waals surface area contributed by atoms with E-state index in [1.807, 2.05) is 17.0 Å². The molecule has 0 aliphatic heterocycles. The van der Waals surface area contributed by atoms with Crippen LogP contribution < -0.4 is 17.0 Å². The Labute approximate surface area is 212 Å². The fourth-order valence-electron chi connectivity index (χ4n) is 3.00. The number of hydrogen-bond acceptors (Lipinski definition) is 8. The molecule has 3 rings (SSSR count). The molecule has 2 aromatic carbocycles. The predicted octanol–water partition coefficient (Wildman–Crippen LogP) is 1.21. The molecule has 0 radical (unpaired) electrons. The average molecular weight is 571 g/mol. The van der Waals surface area contributed by atoms with E-state index < -0.39 is 27.2 Å². The first-order chi connectivity index (χ1) is 15.7. The first kappa shape index (κ1) is 27.0. The third-order valence-electron chi connectivity index (χ3n) is 4.81. The number of carbonyl (C=O) groups excluding carboxylic acids is 2. The molecule has 0 bridgehead atoms. The smallest absolute Gasteiger partial charge is 0.345 e. The number of halogens is 2. The maximum atomic E-state index is 12.5. The second kappa shape index (κ2) is 11.8. The van der Waals surface area contributed by atoms with Crippen LogP contribution in [0, 0.1) is 27.2 Å². The molecule has 0 saturated heterocycles. The van der Waals surface area contributed by atoms with Crippen LogP contribution in [0.5, 0.6) is 0 Å². The van der Waals surface area contributed by atoms with E-state index in [-0.39, 0.29) is 36.9 Å². The van der Waals surface area contributed by atoms with E-state index in [0.29, 0.717) is 12.0 Å². The lowest BCUT2D eigenvalue weighted by atomic mass is 10.1. The summed E-state index contributed by atoms with van der Waals surface area (Å²) in [7, 11) is 0. The van der Waals surface area contributed by atoms with Crippen molar-refractivity contribution in [3.05, 3.63) is 94.4 Å². The van der Waals surface area contributed by atoms with Crippen LogP contribution in [0.1, 0.15) is 31.3 Å². The van der Waals surface area contributed by atoms with Gasteiger partial charge < -0.3 is 17.1 Å². The molecule has 10 nitrogen and oxygen atoms in total. The number of benzene rings is 2. The number of esters is 1. The summed E-state index contributed by atoms with van der Waals surface area (Å²) in [5.41, 5.74) is 1.72. The molecule has 178 valence electrons. The number of rotatable bonds is 9. The third-order valence-corrected chi connectivity index (χ3v) is 6.48. The fourth-order valence-corrected chi connectivity index (χ4v) is 4.24. The highest BCUT2D eigenvalue weighted by Crippen LogP contribution is 2.25. The van der Waals surface area contributed by atoms with E-state index in [4.69, 9.17) is 4.74 Å². The number of nitro benzene ring substituents is 2. The second-order valence-electron chi connectivity index (χ2n) is 6.89. The van der Waals surface area contributed by atoms with E-state index in [1.165, 1.54) is 11.3 Å². The Hall–Kier alpha value is -3.22. The van der Waals surface area contributed by atoms with Gasteiger partial charge in [-0.15, -0.1) is 0 Å². The van der Waals surface area contributed by atoms with Gasteiger partial charge in [0.05, 0.1) is 27.4 Å². The molecule has 1 aromatic heterocycles. The lowest BCUT2D eigenvalue weighted by Crippen LogP contribution is -3.00. The first-order valence-corrected chi connectivity index (χ1v) is 11.2. The molecule has 0 unspecified atom stereocenters. The van der Waals surface area contributed by atoms with Crippen molar-refractivity contribution in [2.45, 2.75) is 19.9 Å². The van der Waals surface area contributed by atoms with E-state index >= 15 is 0 Å².